The number of nitrogens with zero attached hydrogens (tertiary/aromatic N) is 1. The first-order valence-electron chi connectivity index (χ1n) is 7.84. The third-order valence-electron chi connectivity index (χ3n) is 4.56. The number of hydrogen-bond donors (Lipinski definition) is 0. The van der Waals surface area contributed by atoms with Gasteiger partial charge in [-0.15, -0.1) is 6.58 Å². The molecular weight excluding hydrogens is 286 g/mol. The van der Waals surface area contributed by atoms with Crippen LogP contribution in [0.2, 0.25) is 0 Å². The van der Waals surface area contributed by atoms with E-state index in [1.165, 1.54) is 12.7 Å². The van der Waals surface area contributed by atoms with E-state index < -0.39 is 5.54 Å². The molecule has 0 spiro atoms. The molecule has 0 bridgehead atoms. The molecule has 3 rings (SSSR count). The maximum atomic E-state index is 12.9. The summed E-state index contributed by atoms with van der Waals surface area (Å²) >= 11 is 0. The second-order valence-corrected chi connectivity index (χ2v) is 5.74. The molecule has 2 aromatic rings. The van der Waals surface area contributed by atoms with Gasteiger partial charge in [-0.2, -0.15) is 0 Å². The summed E-state index contributed by atoms with van der Waals surface area (Å²) in [5, 5.41) is 0. The predicted octanol–water partition coefficient (Wildman–Crippen LogP) is 3.69. The van der Waals surface area contributed by atoms with Crippen LogP contribution >= 0.6 is 0 Å². The molecule has 0 saturated carbocycles. The Bertz CT molecular complexity index is 711. The smallest absolute Gasteiger partial charge is 0.336 e. The van der Waals surface area contributed by atoms with Gasteiger partial charge in [-0.3, -0.25) is 0 Å². The molecule has 0 fully saturated rings. The predicted molar refractivity (Wildman–Crippen MR) is 92.4 cm³/mol. The molecule has 0 amide bonds. The number of hydrogen-bond acceptors (Lipinski definition) is 3. The van der Waals surface area contributed by atoms with Gasteiger partial charge in [0, 0.05) is 18.7 Å². The fourth-order valence-corrected chi connectivity index (χ4v) is 3.52. The van der Waals surface area contributed by atoms with Gasteiger partial charge in [-0.1, -0.05) is 54.6 Å². The second-order valence-electron chi connectivity index (χ2n) is 5.74. The zero-order valence-corrected chi connectivity index (χ0v) is 13.4. The molecule has 1 unspecified atom stereocenters. The molecule has 1 aliphatic heterocycles. The first-order valence-corrected chi connectivity index (χ1v) is 7.84. The van der Waals surface area contributed by atoms with Gasteiger partial charge in [0.1, 0.15) is 0 Å². The average molecular weight is 307 g/mol. The molecule has 118 valence electrons. The maximum absolute atomic E-state index is 12.9. The maximum Gasteiger partial charge on any atom is 0.336 e. The van der Waals surface area contributed by atoms with Crippen LogP contribution in [0.25, 0.3) is 0 Å². The van der Waals surface area contributed by atoms with Gasteiger partial charge in [0.15, 0.2) is 5.54 Å². The van der Waals surface area contributed by atoms with Gasteiger partial charge in [0.05, 0.1) is 7.11 Å². The van der Waals surface area contributed by atoms with Crippen LogP contribution in [0.15, 0.2) is 67.3 Å². The topological polar surface area (TPSA) is 29.5 Å². The number of anilines is 1. The van der Waals surface area contributed by atoms with E-state index in [0.29, 0.717) is 6.42 Å². The standard InChI is InChI=1S/C20H21NO2/c1-3-14-20(19(22)23-2,17-10-5-4-6-11-17)21-15-13-16-9-7-8-12-18(16)21/h3-12H,1,13-15H2,2H3. The number of carbonyl (C=O) groups is 1. The first-order chi connectivity index (χ1) is 11.2. The second kappa shape index (κ2) is 6.29. The van der Waals surface area contributed by atoms with Crippen molar-refractivity contribution in [2.45, 2.75) is 18.4 Å². The third-order valence-corrected chi connectivity index (χ3v) is 4.56. The molecule has 1 aliphatic rings. The Balaban J connectivity index is 2.20. The van der Waals surface area contributed by atoms with Crippen LogP contribution < -0.4 is 4.90 Å². The lowest BCUT2D eigenvalue weighted by molar-refractivity contribution is -0.147. The Morgan fingerprint density at radius 2 is 1.91 bits per heavy atom. The van der Waals surface area contributed by atoms with Gasteiger partial charge in [-0.25, -0.2) is 4.79 Å². The molecule has 0 aliphatic carbocycles. The zero-order chi connectivity index (χ0) is 16.3. The number of carbonyl (C=O) groups excluding carboxylic acids is 1. The summed E-state index contributed by atoms with van der Waals surface area (Å²) in [5.74, 6) is -0.250. The van der Waals surface area contributed by atoms with Crippen molar-refractivity contribution in [1.82, 2.24) is 0 Å². The van der Waals surface area contributed by atoms with E-state index in [2.05, 4.69) is 23.6 Å². The van der Waals surface area contributed by atoms with Gasteiger partial charge >= 0.3 is 5.97 Å². The van der Waals surface area contributed by atoms with Crippen molar-refractivity contribution in [3.05, 3.63) is 78.4 Å². The first kappa shape index (κ1) is 15.3. The number of fused-ring (bicyclic) bond motifs is 1. The highest BCUT2D eigenvalue weighted by atomic mass is 16.5. The van der Waals surface area contributed by atoms with Gasteiger partial charge in [-0.05, 0) is 23.6 Å². The van der Waals surface area contributed by atoms with Crippen LogP contribution in [0.3, 0.4) is 0 Å². The summed E-state index contributed by atoms with van der Waals surface area (Å²) in [6.45, 7) is 4.67. The lowest BCUT2D eigenvalue weighted by Gasteiger charge is -2.41. The molecule has 0 radical (unpaired) electrons. The minimum absolute atomic E-state index is 0.250. The number of benzene rings is 2. The van der Waals surface area contributed by atoms with Crippen LogP contribution in [-0.2, 0) is 21.5 Å². The molecule has 2 aromatic carbocycles. The normalized spacial score (nSPS) is 15.6. The molecule has 0 aromatic heterocycles. The fraction of sp³-hybridized carbons (Fsp3) is 0.250. The zero-order valence-electron chi connectivity index (χ0n) is 13.4. The number of ether oxygens (including phenoxy) is 1. The Hall–Kier alpha value is -2.55. The van der Waals surface area contributed by atoms with E-state index in [4.69, 9.17) is 4.74 Å². The lowest BCUT2D eigenvalue weighted by atomic mass is 9.84. The van der Waals surface area contributed by atoms with Gasteiger partial charge in [0.25, 0.3) is 0 Å². The van der Waals surface area contributed by atoms with E-state index >= 15 is 0 Å². The van der Waals surface area contributed by atoms with E-state index in [-0.39, 0.29) is 5.97 Å². The Labute approximate surface area is 137 Å². The average Bonchev–Trinajstić information content (AvgIpc) is 3.04. The van der Waals surface area contributed by atoms with E-state index in [9.17, 15) is 4.79 Å². The molecule has 23 heavy (non-hydrogen) atoms. The van der Waals surface area contributed by atoms with Crippen LogP contribution in [0.5, 0.6) is 0 Å². The molecule has 0 saturated heterocycles. The number of methoxy groups -OCH3 is 1. The summed E-state index contributed by atoms with van der Waals surface area (Å²) in [4.78, 5) is 15.1. The van der Waals surface area contributed by atoms with Crippen molar-refractivity contribution < 1.29 is 9.53 Å². The highest BCUT2D eigenvalue weighted by Gasteiger charge is 2.47. The number of para-hydroxylation sites is 1. The van der Waals surface area contributed by atoms with Crippen LogP contribution in [0, 0.1) is 0 Å². The molecule has 3 nitrogen and oxygen atoms in total. The van der Waals surface area contributed by atoms with Crippen molar-refractivity contribution in [3.63, 3.8) is 0 Å². The molecule has 1 heterocycles. The third kappa shape index (κ3) is 2.42. The molecule has 3 heteroatoms. The van der Waals surface area contributed by atoms with E-state index in [0.717, 1.165) is 24.2 Å². The highest BCUT2D eigenvalue weighted by Crippen LogP contribution is 2.42. The summed E-state index contributed by atoms with van der Waals surface area (Å²) in [6, 6.07) is 18.1. The lowest BCUT2D eigenvalue weighted by Crippen LogP contribution is -2.52. The van der Waals surface area contributed by atoms with Crippen LogP contribution in [0.4, 0.5) is 5.69 Å². The largest absolute Gasteiger partial charge is 0.467 e. The van der Waals surface area contributed by atoms with E-state index in [1.54, 1.807) is 6.08 Å². The van der Waals surface area contributed by atoms with Crippen LogP contribution in [0.1, 0.15) is 17.5 Å². The number of rotatable bonds is 5. The number of esters is 1. The Morgan fingerprint density at radius 1 is 1.22 bits per heavy atom. The van der Waals surface area contributed by atoms with Crippen molar-refractivity contribution in [1.29, 1.82) is 0 Å². The monoisotopic (exact) mass is 307 g/mol. The molecule has 1 atom stereocenters. The quantitative estimate of drug-likeness (QED) is 0.623. The summed E-state index contributed by atoms with van der Waals surface area (Å²) in [5.41, 5.74) is 2.43. The SMILES string of the molecule is C=CCC(C(=O)OC)(c1ccccc1)N1CCc2ccccc21. The molecule has 0 N–H and O–H groups in total. The summed E-state index contributed by atoms with van der Waals surface area (Å²) in [6.07, 6.45) is 3.22. The van der Waals surface area contributed by atoms with Crippen molar-refractivity contribution in [2.75, 3.05) is 18.6 Å². The van der Waals surface area contributed by atoms with Gasteiger partial charge in [0.2, 0.25) is 0 Å². The Kier molecular flexibility index (Phi) is 4.20. The fourth-order valence-electron chi connectivity index (χ4n) is 3.52. The van der Waals surface area contributed by atoms with Crippen molar-refractivity contribution >= 4 is 11.7 Å². The summed E-state index contributed by atoms with van der Waals surface area (Å²) in [7, 11) is 1.45. The Morgan fingerprint density at radius 3 is 2.61 bits per heavy atom. The van der Waals surface area contributed by atoms with Crippen LogP contribution in [-0.4, -0.2) is 19.6 Å². The van der Waals surface area contributed by atoms with Crippen molar-refractivity contribution in [3.8, 4) is 0 Å². The minimum atomic E-state index is -0.871. The highest BCUT2D eigenvalue weighted by molar-refractivity contribution is 5.88. The van der Waals surface area contributed by atoms with E-state index in [1.807, 2.05) is 42.5 Å². The summed E-state index contributed by atoms with van der Waals surface area (Å²) < 4.78 is 5.22. The van der Waals surface area contributed by atoms with Gasteiger partial charge < -0.3 is 9.64 Å². The van der Waals surface area contributed by atoms with Crippen molar-refractivity contribution in [2.24, 2.45) is 0 Å². The molecular formula is C20H21NO2. The minimum Gasteiger partial charge on any atom is -0.467 e.